The van der Waals surface area contributed by atoms with E-state index in [4.69, 9.17) is 5.11 Å². The van der Waals surface area contributed by atoms with Gasteiger partial charge in [-0.3, -0.25) is 4.90 Å². The fourth-order valence-corrected chi connectivity index (χ4v) is 2.04. The third kappa shape index (κ3) is 3.61. The first kappa shape index (κ1) is 13.2. The van der Waals surface area contributed by atoms with E-state index in [1.807, 2.05) is 13.8 Å². The average Bonchev–Trinajstić information content (AvgIpc) is 2.67. The Bertz CT molecular complexity index is 273. The number of hydrogen-bond acceptors (Lipinski definition) is 3. The Kier molecular flexibility index (Phi) is 4.96. The summed E-state index contributed by atoms with van der Waals surface area (Å²) in [6.45, 7) is 6.16. The number of aliphatic hydroxyl groups is 1. The highest BCUT2D eigenvalue weighted by Gasteiger charge is 2.25. The van der Waals surface area contributed by atoms with Crippen LogP contribution < -0.4 is 0 Å². The minimum Gasteiger partial charge on any atom is -0.478 e. The van der Waals surface area contributed by atoms with E-state index in [9.17, 15) is 9.90 Å². The van der Waals surface area contributed by atoms with E-state index in [1.54, 1.807) is 6.08 Å². The van der Waals surface area contributed by atoms with Gasteiger partial charge in [0.05, 0.1) is 6.10 Å². The Morgan fingerprint density at radius 2 is 2.31 bits per heavy atom. The molecule has 2 N–H and O–H groups in total. The summed E-state index contributed by atoms with van der Waals surface area (Å²) >= 11 is 0. The molecule has 0 aromatic carbocycles. The highest BCUT2D eigenvalue weighted by Crippen LogP contribution is 2.19. The molecule has 1 fully saturated rings. The molecule has 2 unspecified atom stereocenters. The maximum absolute atomic E-state index is 10.8. The highest BCUT2D eigenvalue weighted by molar-refractivity contribution is 5.86. The van der Waals surface area contributed by atoms with Crippen molar-refractivity contribution in [2.75, 3.05) is 19.6 Å². The Morgan fingerprint density at radius 1 is 1.62 bits per heavy atom. The standard InChI is InChI=1S/C12H21NO3/c1-3-10(12(15)16)4-6-13-7-5-11(8-13)9(2)14/h4,9,11,14H,3,5-8H2,1-2H3,(H,15,16). The van der Waals surface area contributed by atoms with E-state index in [-0.39, 0.29) is 6.10 Å². The Morgan fingerprint density at radius 3 is 2.75 bits per heavy atom. The molecular weight excluding hydrogens is 206 g/mol. The summed E-state index contributed by atoms with van der Waals surface area (Å²) in [6, 6.07) is 0. The van der Waals surface area contributed by atoms with Crippen LogP contribution in [0.4, 0.5) is 0 Å². The van der Waals surface area contributed by atoms with Gasteiger partial charge in [0.15, 0.2) is 0 Å². The molecule has 16 heavy (non-hydrogen) atoms. The van der Waals surface area contributed by atoms with Gasteiger partial charge in [0.25, 0.3) is 0 Å². The molecule has 1 aliphatic heterocycles. The second kappa shape index (κ2) is 6.01. The zero-order chi connectivity index (χ0) is 12.1. The molecule has 4 heteroatoms. The van der Waals surface area contributed by atoms with Gasteiger partial charge in [-0.05, 0) is 32.2 Å². The summed E-state index contributed by atoms with van der Waals surface area (Å²) in [6.07, 6.45) is 3.08. The zero-order valence-electron chi connectivity index (χ0n) is 10.0. The topological polar surface area (TPSA) is 60.8 Å². The number of carbonyl (C=O) groups is 1. The highest BCUT2D eigenvalue weighted by atomic mass is 16.4. The molecule has 0 saturated carbocycles. The molecule has 92 valence electrons. The van der Waals surface area contributed by atoms with Gasteiger partial charge in [-0.25, -0.2) is 4.79 Å². The van der Waals surface area contributed by atoms with Crippen LogP contribution >= 0.6 is 0 Å². The van der Waals surface area contributed by atoms with E-state index < -0.39 is 5.97 Å². The lowest BCUT2D eigenvalue weighted by Gasteiger charge is -2.15. The van der Waals surface area contributed by atoms with Gasteiger partial charge in [-0.1, -0.05) is 13.0 Å². The van der Waals surface area contributed by atoms with Crippen LogP contribution in [0.5, 0.6) is 0 Å². The second-order valence-corrected chi connectivity index (χ2v) is 4.44. The van der Waals surface area contributed by atoms with Gasteiger partial charge in [0.1, 0.15) is 0 Å². The van der Waals surface area contributed by atoms with Crippen LogP contribution in [0, 0.1) is 5.92 Å². The fourth-order valence-electron chi connectivity index (χ4n) is 2.04. The molecule has 4 nitrogen and oxygen atoms in total. The van der Waals surface area contributed by atoms with Gasteiger partial charge >= 0.3 is 5.97 Å². The Labute approximate surface area is 96.6 Å². The van der Waals surface area contributed by atoms with Gasteiger partial charge in [-0.15, -0.1) is 0 Å². The number of nitrogens with zero attached hydrogens (tertiary/aromatic N) is 1. The summed E-state index contributed by atoms with van der Waals surface area (Å²) in [7, 11) is 0. The van der Waals surface area contributed by atoms with E-state index in [2.05, 4.69) is 4.90 Å². The first-order valence-corrected chi connectivity index (χ1v) is 5.87. The summed E-state index contributed by atoms with van der Waals surface area (Å²) < 4.78 is 0. The normalized spacial score (nSPS) is 24.7. The summed E-state index contributed by atoms with van der Waals surface area (Å²) in [4.78, 5) is 13.0. The number of hydrogen-bond donors (Lipinski definition) is 2. The monoisotopic (exact) mass is 227 g/mol. The Balaban J connectivity index is 2.42. The lowest BCUT2D eigenvalue weighted by Crippen LogP contribution is -2.24. The number of rotatable bonds is 5. The van der Waals surface area contributed by atoms with Crippen molar-refractivity contribution in [2.45, 2.75) is 32.8 Å². The molecule has 0 aromatic heterocycles. The van der Waals surface area contributed by atoms with E-state index in [0.717, 1.165) is 19.5 Å². The van der Waals surface area contributed by atoms with Crippen molar-refractivity contribution in [3.05, 3.63) is 11.6 Å². The molecule has 1 heterocycles. The van der Waals surface area contributed by atoms with Gasteiger partial charge in [0, 0.05) is 18.7 Å². The van der Waals surface area contributed by atoms with Gasteiger partial charge in [0.2, 0.25) is 0 Å². The second-order valence-electron chi connectivity index (χ2n) is 4.44. The summed E-state index contributed by atoms with van der Waals surface area (Å²) in [5.74, 6) is -0.489. The van der Waals surface area contributed by atoms with Crippen molar-refractivity contribution in [3.63, 3.8) is 0 Å². The summed E-state index contributed by atoms with van der Waals surface area (Å²) in [5, 5.41) is 18.3. The first-order chi connectivity index (χ1) is 7.54. The maximum atomic E-state index is 10.8. The van der Waals surface area contributed by atoms with Crippen LogP contribution in [0.2, 0.25) is 0 Å². The van der Waals surface area contributed by atoms with E-state index >= 15 is 0 Å². The quantitative estimate of drug-likeness (QED) is 0.691. The number of likely N-dealkylation sites (tertiary alicyclic amines) is 1. The molecule has 1 saturated heterocycles. The lowest BCUT2D eigenvalue weighted by molar-refractivity contribution is -0.132. The average molecular weight is 227 g/mol. The van der Waals surface area contributed by atoms with Crippen molar-refractivity contribution in [1.82, 2.24) is 4.90 Å². The molecular formula is C12H21NO3. The van der Waals surface area contributed by atoms with Crippen LogP contribution in [0.3, 0.4) is 0 Å². The number of carboxylic acids is 1. The first-order valence-electron chi connectivity index (χ1n) is 5.87. The molecule has 2 atom stereocenters. The predicted molar refractivity (Wildman–Crippen MR) is 62.2 cm³/mol. The molecule has 1 rings (SSSR count). The van der Waals surface area contributed by atoms with Gasteiger partial charge in [-0.2, -0.15) is 0 Å². The third-order valence-electron chi connectivity index (χ3n) is 3.24. The van der Waals surface area contributed by atoms with Crippen molar-refractivity contribution in [1.29, 1.82) is 0 Å². The molecule has 1 aliphatic rings. The third-order valence-corrected chi connectivity index (χ3v) is 3.24. The van der Waals surface area contributed by atoms with Crippen molar-refractivity contribution < 1.29 is 15.0 Å². The van der Waals surface area contributed by atoms with Crippen LogP contribution in [-0.4, -0.2) is 46.8 Å². The number of aliphatic carboxylic acids is 1. The molecule has 0 aromatic rings. The van der Waals surface area contributed by atoms with E-state index in [0.29, 0.717) is 24.5 Å². The summed E-state index contributed by atoms with van der Waals surface area (Å²) in [5.41, 5.74) is 0.473. The zero-order valence-corrected chi connectivity index (χ0v) is 10.0. The number of aliphatic hydroxyl groups excluding tert-OH is 1. The van der Waals surface area contributed by atoms with Crippen molar-refractivity contribution in [3.8, 4) is 0 Å². The molecule has 0 amide bonds. The molecule has 0 spiro atoms. The molecule has 0 bridgehead atoms. The maximum Gasteiger partial charge on any atom is 0.331 e. The van der Waals surface area contributed by atoms with Crippen LogP contribution in [0.25, 0.3) is 0 Å². The minimum atomic E-state index is -0.825. The van der Waals surface area contributed by atoms with Crippen molar-refractivity contribution in [2.24, 2.45) is 5.92 Å². The Hall–Kier alpha value is -0.870. The largest absolute Gasteiger partial charge is 0.478 e. The lowest BCUT2D eigenvalue weighted by atomic mass is 10.0. The van der Waals surface area contributed by atoms with E-state index in [1.165, 1.54) is 0 Å². The molecule has 0 radical (unpaired) electrons. The van der Waals surface area contributed by atoms with Crippen molar-refractivity contribution >= 4 is 5.97 Å². The SMILES string of the molecule is CCC(=CCN1CCC(C(C)O)C1)C(=O)O. The minimum absolute atomic E-state index is 0.265. The smallest absolute Gasteiger partial charge is 0.331 e. The molecule has 0 aliphatic carbocycles. The van der Waals surface area contributed by atoms with Crippen LogP contribution in [0.1, 0.15) is 26.7 Å². The van der Waals surface area contributed by atoms with Gasteiger partial charge < -0.3 is 10.2 Å². The van der Waals surface area contributed by atoms with Crippen LogP contribution in [0.15, 0.2) is 11.6 Å². The number of carboxylic acid groups (broad SMARTS) is 1. The fraction of sp³-hybridized carbons (Fsp3) is 0.750. The predicted octanol–water partition coefficient (Wildman–Crippen LogP) is 1.11. The van der Waals surface area contributed by atoms with Crippen LogP contribution in [-0.2, 0) is 4.79 Å².